The molecule has 1 N–H and O–H groups in total. The molecule has 0 radical (unpaired) electrons. The zero-order chi connectivity index (χ0) is 22.9. The van der Waals surface area contributed by atoms with Crippen LogP contribution in [0.1, 0.15) is 39.5 Å². The van der Waals surface area contributed by atoms with E-state index in [1.54, 1.807) is 18.6 Å². The molecule has 1 aliphatic carbocycles. The number of carbonyl (C=O) groups excluding carboxylic acids is 1. The monoisotopic (exact) mass is 445 g/mol. The van der Waals surface area contributed by atoms with Crippen molar-refractivity contribution < 1.29 is 4.79 Å². The number of hydrogen-bond donors (Lipinski definition) is 1. The Bertz CT molecular complexity index is 1480. The van der Waals surface area contributed by atoms with E-state index < -0.39 is 0 Å². The van der Waals surface area contributed by atoms with Crippen LogP contribution in [0.2, 0.25) is 0 Å². The van der Waals surface area contributed by atoms with Crippen molar-refractivity contribution in [1.82, 2.24) is 25.1 Å². The number of hydrogen-bond acceptors (Lipinski definition) is 4. The molecule has 0 bridgehead atoms. The van der Waals surface area contributed by atoms with E-state index in [1.165, 1.54) is 11.1 Å². The van der Waals surface area contributed by atoms with Crippen LogP contribution in [-0.4, -0.2) is 25.7 Å². The second-order valence-corrected chi connectivity index (χ2v) is 8.58. The second kappa shape index (κ2) is 8.56. The molecule has 34 heavy (non-hydrogen) atoms. The van der Waals surface area contributed by atoms with Gasteiger partial charge in [0.15, 0.2) is 5.65 Å². The zero-order valence-electron chi connectivity index (χ0n) is 18.6. The topological polar surface area (TPSA) is 72.7 Å². The molecule has 6 heteroatoms. The van der Waals surface area contributed by atoms with E-state index in [0.717, 1.165) is 35.0 Å². The minimum Gasteiger partial charge on any atom is -0.345 e. The molecule has 0 saturated carbocycles. The fraction of sp³-hybridized carbons (Fsp3) is 0.143. The fourth-order valence-corrected chi connectivity index (χ4v) is 4.71. The molecule has 0 fully saturated rings. The lowest BCUT2D eigenvalue weighted by Crippen LogP contribution is -2.27. The summed E-state index contributed by atoms with van der Waals surface area (Å²) in [7, 11) is 0. The predicted octanol–water partition coefficient (Wildman–Crippen LogP) is 4.96. The molecule has 1 unspecified atom stereocenters. The molecule has 5 aromatic rings. The first-order valence-electron chi connectivity index (χ1n) is 11.5. The van der Waals surface area contributed by atoms with Crippen LogP contribution in [-0.2, 0) is 13.0 Å². The van der Waals surface area contributed by atoms with E-state index in [-0.39, 0.29) is 11.9 Å². The van der Waals surface area contributed by atoms with Crippen molar-refractivity contribution in [3.05, 3.63) is 114 Å². The summed E-state index contributed by atoms with van der Waals surface area (Å²) in [6, 6.07) is 24.1. The standard InChI is InChI=1S/C28H23N5O/c34-28(32-25-11-10-20-6-4-5-9-22(20)25)23-16-26(21-7-2-1-3-8-21)31-27-24(23)17-30-33(27)18-19-12-14-29-15-13-19/h1-9,12-17,25H,10-11,18H2,(H,32,34). The highest BCUT2D eigenvalue weighted by molar-refractivity contribution is 6.06. The number of rotatable bonds is 5. The highest BCUT2D eigenvalue weighted by Gasteiger charge is 2.25. The minimum absolute atomic E-state index is 0.0129. The molecule has 0 saturated heterocycles. The van der Waals surface area contributed by atoms with Crippen molar-refractivity contribution in [3.63, 3.8) is 0 Å². The molecule has 0 aliphatic heterocycles. The molecule has 166 valence electrons. The lowest BCUT2D eigenvalue weighted by molar-refractivity contribution is 0.0938. The van der Waals surface area contributed by atoms with Gasteiger partial charge in [0.2, 0.25) is 0 Å². The number of nitrogens with one attached hydrogen (secondary N) is 1. The number of amides is 1. The van der Waals surface area contributed by atoms with Crippen LogP contribution in [0.5, 0.6) is 0 Å². The smallest absolute Gasteiger partial charge is 0.252 e. The van der Waals surface area contributed by atoms with Crippen molar-refractivity contribution in [2.45, 2.75) is 25.4 Å². The lowest BCUT2D eigenvalue weighted by Gasteiger charge is -2.15. The molecule has 1 aliphatic rings. The Morgan fingerprint density at radius 3 is 2.65 bits per heavy atom. The average Bonchev–Trinajstić information content (AvgIpc) is 3.49. The van der Waals surface area contributed by atoms with Crippen LogP contribution < -0.4 is 5.32 Å². The highest BCUT2D eigenvalue weighted by atomic mass is 16.1. The first-order chi connectivity index (χ1) is 16.8. The molecule has 1 atom stereocenters. The minimum atomic E-state index is -0.102. The van der Waals surface area contributed by atoms with E-state index in [1.807, 2.05) is 59.3 Å². The number of nitrogens with zero attached hydrogens (tertiary/aromatic N) is 4. The van der Waals surface area contributed by atoms with Crippen LogP contribution in [0, 0.1) is 0 Å². The van der Waals surface area contributed by atoms with Crippen molar-refractivity contribution in [3.8, 4) is 11.3 Å². The second-order valence-electron chi connectivity index (χ2n) is 8.58. The van der Waals surface area contributed by atoms with Gasteiger partial charge in [-0.05, 0) is 47.7 Å². The summed E-state index contributed by atoms with van der Waals surface area (Å²) < 4.78 is 1.85. The SMILES string of the molecule is O=C(NC1CCc2ccccc21)c1cc(-c2ccccc2)nc2c1cnn2Cc1ccncc1. The van der Waals surface area contributed by atoms with Gasteiger partial charge in [-0.3, -0.25) is 9.78 Å². The van der Waals surface area contributed by atoms with Gasteiger partial charge in [-0.15, -0.1) is 0 Å². The van der Waals surface area contributed by atoms with E-state index >= 15 is 0 Å². The Hall–Kier alpha value is -4.32. The van der Waals surface area contributed by atoms with Crippen LogP contribution in [0.3, 0.4) is 0 Å². The maximum atomic E-state index is 13.6. The number of fused-ring (bicyclic) bond motifs is 2. The van der Waals surface area contributed by atoms with Gasteiger partial charge in [0.1, 0.15) is 0 Å². The van der Waals surface area contributed by atoms with Crippen LogP contribution in [0.4, 0.5) is 0 Å². The Morgan fingerprint density at radius 2 is 1.79 bits per heavy atom. The predicted molar refractivity (Wildman–Crippen MR) is 131 cm³/mol. The zero-order valence-corrected chi connectivity index (χ0v) is 18.6. The van der Waals surface area contributed by atoms with E-state index in [4.69, 9.17) is 4.98 Å². The Labute approximate surface area is 197 Å². The first kappa shape index (κ1) is 20.3. The van der Waals surface area contributed by atoms with Crippen molar-refractivity contribution in [2.24, 2.45) is 0 Å². The summed E-state index contributed by atoms with van der Waals surface area (Å²) in [4.78, 5) is 22.6. The summed E-state index contributed by atoms with van der Waals surface area (Å²) in [6.07, 6.45) is 7.16. The van der Waals surface area contributed by atoms with E-state index in [2.05, 4.69) is 33.6 Å². The molecule has 6 rings (SSSR count). The third-order valence-corrected chi connectivity index (χ3v) is 6.44. The van der Waals surface area contributed by atoms with Gasteiger partial charge in [-0.2, -0.15) is 5.10 Å². The van der Waals surface area contributed by atoms with Crippen molar-refractivity contribution >= 4 is 16.9 Å². The lowest BCUT2D eigenvalue weighted by atomic mass is 10.0. The number of aromatic nitrogens is 4. The molecule has 3 aromatic heterocycles. The summed E-state index contributed by atoms with van der Waals surface area (Å²) >= 11 is 0. The third-order valence-electron chi connectivity index (χ3n) is 6.44. The summed E-state index contributed by atoms with van der Waals surface area (Å²) in [6.45, 7) is 0.550. The van der Waals surface area contributed by atoms with Crippen molar-refractivity contribution in [2.75, 3.05) is 0 Å². The summed E-state index contributed by atoms with van der Waals surface area (Å²) in [5, 5.41) is 8.61. The Balaban J connectivity index is 1.42. The highest BCUT2D eigenvalue weighted by Crippen LogP contribution is 2.32. The van der Waals surface area contributed by atoms with Gasteiger partial charge in [0, 0.05) is 18.0 Å². The van der Waals surface area contributed by atoms with Crippen LogP contribution in [0.25, 0.3) is 22.3 Å². The molecule has 0 spiro atoms. The quantitative estimate of drug-likeness (QED) is 0.415. The van der Waals surface area contributed by atoms with Gasteiger partial charge in [-0.1, -0.05) is 54.6 Å². The van der Waals surface area contributed by atoms with Gasteiger partial charge < -0.3 is 5.32 Å². The average molecular weight is 446 g/mol. The molecule has 3 heterocycles. The maximum Gasteiger partial charge on any atom is 0.252 e. The largest absolute Gasteiger partial charge is 0.345 e. The third kappa shape index (κ3) is 3.73. The maximum absolute atomic E-state index is 13.6. The normalized spacial score (nSPS) is 14.8. The molecule has 6 nitrogen and oxygen atoms in total. The van der Waals surface area contributed by atoms with Gasteiger partial charge in [-0.25, -0.2) is 9.67 Å². The first-order valence-corrected chi connectivity index (χ1v) is 11.5. The molecule has 1 amide bonds. The van der Waals surface area contributed by atoms with Crippen molar-refractivity contribution in [1.29, 1.82) is 0 Å². The fourth-order valence-electron chi connectivity index (χ4n) is 4.71. The van der Waals surface area contributed by atoms with Gasteiger partial charge in [0.05, 0.1) is 35.4 Å². The Morgan fingerprint density at radius 1 is 1.00 bits per heavy atom. The van der Waals surface area contributed by atoms with Crippen LogP contribution >= 0.6 is 0 Å². The van der Waals surface area contributed by atoms with Gasteiger partial charge in [0.25, 0.3) is 5.91 Å². The van der Waals surface area contributed by atoms with E-state index in [9.17, 15) is 4.79 Å². The molecular weight excluding hydrogens is 422 g/mol. The molecule has 2 aromatic carbocycles. The van der Waals surface area contributed by atoms with Gasteiger partial charge >= 0.3 is 0 Å². The molecular formula is C28H23N5O. The number of pyridine rings is 2. The number of carbonyl (C=O) groups is 1. The number of aryl methyl sites for hydroxylation is 1. The number of benzene rings is 2. The summed E-state index contributed by atoms with van der Waals surface area (Å²) in [5.41, 5.74) is 6.58. The summed E-state index contributed by atoms with van der Waals surface area (Å²) in [5.74, 6) is -0.102. The van der Waals surface area contributed by atoms with Crippen LogP contribution in [0.15, 0.2) is 91.4 Å². The van der Waals surface area contributed by atoms with E-state index in [0.29, 0.717) is 17.8 Å². The Kier molecular flexibility index (Phi) is 5.11.